The van der Waals surface area contributed by atoms with Crippen LogP contribution >= 0.6 is 11.6 Å². The highest BCUT2D eigenvalue weighted by molar-refractivity contribution is 7.88. The Bertz CT molecular complexity index is 1510. The molecule has 38 heavy (non-hydrogen) atoms. The lowest BCUT2D eigenvalue weighted by Crippen LogP contribution is -2.28. The molecule has 4 rings (SSSR count). The number of aromatic nitrogens is 1. The number of halogens is 1. The molecule has 0 aliphatic rings. The number of sulfonamides is 1. The zero-order valence-corrected chi connectivity index (χ0v) is 22.9. The summed E-state index contributed by atoms with van der Waals surface area (Å²) in [6, 6.07) is 21.3. The average Bonchev–Trinajstić information content (AvgIpc) is 3.17. The van der Waals surface area contributed by atoms with Gasteiger partial charge in [0.25, 0.3) is 0 Å². The van der Waals surface area contributed by atoms with Crippen molar-refractivity contribution < 1.29 is 23.1 Å². The Labute approximate surface area is 228 Å². The number of carboxylic acid groups (broad SMARTS) is 1. The van der Waals surface area contributed by atoms with Crippen molar-refractivity contribution in [2.75, 3.05) is 13.2 Å². The number of rotatable bonds is 12. The van der Waals surface area contributed by atoms with Crippen LogP contribution in [0.3, 0.4) is 0 Å². The van der Waals surface area contributed by atoms with E-state index in [-0.39, 0.29) is 23.9 Å². The monoisotopic (exact) mass is 554 g/mol. The maximum Gasteiger partial charge on any atom is 0.335 e. The summed E-state index contributed by atoms with van der Waals surface area (Å²) in [6.45, 7) is 4.82. The Morgan fingerprint density at radius 2 is 1.74 bits per heavy atom. The van der Waals surface area contributed by atoms with Gasteiger partial charge in [0.05, 0.1) is 17.9 Å². The van der Waals surface area contributed by atoms with Crippen LogP contribution in [0.15, 0.2) is 72.8 Å². The summed E-state index contributed by atoms with van der Waals surface area (Å²) in [5.74, 6) is -0.479. The second-order valence-electron chi connectivity index (χ2n) is 9.37. The Kier molecular flexibility index (Phi) is 8.76. The van der Waals surface area contributed by atoms with E-state index in [1.807, 2.05) is 36.4 Å². The number of aromatic carboxylic acids is 1. The molecule has 2 N–H and O–H groups in total. The number of carboxylic acids is 1. The van der Waals surface area contributed by atoms with E-state index in [1.165, 1.54) is 12.1 Å². The molecular weight excluding hydrogens is 524 g/mol. The van der Waals surface area contributed by atoms with Gasteiger partial charge in [-0.2, -0.15) is 0 Å². The second-order valence-corrected chi connectivity index (χ2v) is 11.6. The smallest absolute Gasteiger partial charge is 0.335 e. The van der Waals surface area contributed by atoms with E-state index in [0.29, 0.717) is 30.2 Å². The van der Waals surface area contributed by atoms with Gasteiger partial charge in [0.15, 0.2) is 0 Å². The molecule has 0 aliphatic heterocycles. The summed E-state index contributed by atoms with van der Waals surface area (Å²) >= 11 is 6.36. The van der Waals surface area contributed by atoms with Gasteiger partial charge in [-0.1, -0.05) is 41.9 Å². The van der Waals surface area contributed by atoms with Gasteiger partial charge < -0.3 is 14.4 Å². The van der Waals surface area contributed by atoms with Gasteiger partial charge in [0, 0.05) is 47.0 Å². The van der Waals surface area contributed by atoms with E-state index < -0.39 is 16.0 Å². The van der Waals surface area contributed by atoms with Crippen LogP contribution < -0.4 is 9.46 Å². The maximum atomic E-state index is 12.7. The van der Waals surface area contributed by atoms with Crippen molar-refractivity contribution in [3.8, 4) is 5.75 Å². The van der Waals surface area contributed by atoms with Gasteiger partial charge in [-0.15, -0.1) is 0 Å². The molecule has 0 aliphatic carbocycles. The number of ether oxygens (including phenoxy) is 1. The van der Waals surface area contributed by atoms with Crippen LogP contribution in [-0.2, 0) is 28.6 Å². The molecule has 7 nitrogen and oxygen atoms in total. The van der Waals surface area contributed by atoms with Crippen molar-refractivity contribution in [3.63, 3.8) is 0 Å². The van der Waals surface area contributed by atoms with Crippen molar-refractivity contribution in [2.45, 2.75) is 38.5 Å². The maximum absolute atomic E-state index is 12.7. The van der Waals surface area contributed by atoms with Crippen molar-refractivity contribution in [2.24, 2.45) is 0 Å². The number of benzene rings is 3. The molecule has 3 aromatic carbocycles. The molecule has 9 heteroatoms. The molecule has 0 saturated carbocycles. The van der Waals surface area contributed by atoms with Crippen LogP contribution in [0.4, 0.5) is 0 Å². The molecule has 0 saturated heterocycles. The molecule has 0 atom stereocenters. The highest BCUT2D eigenvalue weighted by Gasteiger charge is 2.20. The first-order valence-corrected chi connectivity index (χ1v) is 14.5. The fraction of sp³-hybridized carbons (Fsp3) is 0.276. The van der Waals surface area contributed by atoms with Crippen molar-refractivity contribution in [1.29, 1.82) is 0 Å². The van der Waals surface area contributed by atoms with E-state index >= 15 is 0 Å². The summed E-state index contributed by atoms with van der Waals surface area (Å²) < 4.78 is 36.3. The molecule has 0 bridgehead atoms. The third kappa shape index (κ3) is 6.75. The van der Waals surface area contributed by atoms with Gasteiger partial charge in [0.1, 0.15) is 5.75 Å². The number of hydrogen-bond donors (Lipinski definition) is 2. The Hall–Kier alpha value is -3.33. The van der Waals surface area contributed by atoms with E-state index in [1.54, 1.807) is 24.3 Å². The highest BCUT2D eigenvalue weighted by Crippen LogP contribution is 2.32. The molecule has 0 unspecified atom stereocenters. The molecular formula is C29H31ClN2O5S. The fourth-order valence-corrected chi connectivity index (χ4v) is 6.00. The van der Waals surface area contributed by atoms with Crippen LogP contribution in [0.1, 0.15) is 47.1 Å². The number of hydrogen-bond acceptors (Lipinski definition) is 4. The minimum atomic E-state index is -3.50. The summed E-state index contributed by atoms with van der Waals surface area (Å²) in [7, 11) is -3.50. The zero-order chi connectivity index (χ0) is 27.3. The lowest BCUT2D eigenvalue weighted by atomic mass is 10.1. The Morgan fingerprint density at radius 1 is 1.03 bits per heavy atom. The average molecular weight is 555 g/mol. The first kappa shape index (κ1) is 27.7. The summed E-state index contributed by atoms with van der Waals surface area (Å²) in [5, 5.41) is 10.7. The Morgan fingerprint density at radius 3 is 2.39 bits per heavy atom. The Balaban J connectivity index is 1.55. The standard InChI is InChI=1S/C29H31ClN2O5S/c1-20(2)32-27-13-10-23(30)18-26(27)25(15-17-37-24-11-8-22(9-12-24)29(33)34)28(32)14-16-31-38(35,36)19-21-6-4-3-5-7-21/h3-13,18,20,31H,14-17,19H2,1-2H3,(H,33,34). The minimum absolute atomic E-state index is 0.0714. The predicted octanol–water partition coefficient (Wildman–Crippen LogP) is 5.86. The first-order valence-electron chi connectivity index (χ1n) is 12.4. The van der Waals surface area contributed by atoms with E-state index in [2.05, 4.69) is 23.1 Å². The van der Waals surface area contributed by atoms with Crippen LogP contribution in [0, 0.1) is 0 Å². The van der Waals surface area contributed by atoms with Gasteiger partial charge in [-0.25, -0.2) is 17.9 Å². The van der Waals surface area contributed by atoms with E-state index in [0.717, 1.165) is 27.7 Å². The van der Waals surface area contributed by atoms with Crippen LogP contribution in [0.25, 0.3) is 10.9 Å². The quantitative estimate of drug-likeness (QED) is 0.229. The lowest BCUT2D eigenvalue weighted by Gasteiger charge is -2.17. The third-order valence-corrected chi connectivity index (χ3v) is 7.90. The number of fused-ring (bicyclic) bond motifs is 1. The largest absolute Gasteiger partial charge is 0.493 e. The topological polar surface area (TPSA) is 97.6 Å². The van der Waals surface area contributed by atoms with E-state index in [9.17, 15) is 13.2 Å². The SMILES string of the molecule is CC(C)n1c(CCNS(=O)(=O)Cc2ccccc2)c(CCOc2ccc(C(=O)O)cc2)c2cc(Cl)ccc21. The van der Waals surface area contributed by atoms with Crippen LogP contribution in [0.2, 0.25) is 5.02 Å². The van der Waals surface area contributed by atoms with Crippen LogP contribution in [0.5, 0.6) is 5.75 Å². The van der Waals surface area contributed by atoms with Gasteiger partial charge in [-0.05, 0) is 67.4 Å². The number of nitrogens with one attached hydrogen (secondary N) is 1. The second kappa shape index (κ2) is 12.0. The molecule has 200 valence electrons. The first-order chi connectivity index (χ1) is 18.1. The molecule has 4 aromatic rings. The summed E-state index contributed by atoms with van der Waals surface area (Å²) in [6.07, 6.45) is 1.07. The number of carbonyl (C=O) groups is 1. The van der Waals surface area contributed by atoms with Gasteiger partial charge in [-0.3, -0.25) is 0 Å². The van der Waals surface area contributed by atoms with Crippen molar-refractivity contribution in [3.05, 3.63) is 100 Å². The van der Waals surface area contributed by atoms with E-state index in [4.69, 9.17) is 21.4 Å². The lowest BCUT2D eigenvalue weighted by molar-refractivity contribution is 0.0697. The van der Waals surface area contributed by atoms with Crippen LogP contribution in [-0.4, -0.2) is 37.2 Å². The molecule has 1 heterocycles. The summed E-state index contributed by atoms with van der Waals surface area (Å²) in [4.78, 5) is 11.1. The molecule has 0 amide bonds. The zero-order valence-electron chi connectivity index (χ0n) is 21.4. The highest BCUT2D eigenvalue weighted by atomic mass is 35.5. The van der Waals surface area contributed by atoms with Crippen molar-refractivity contribution in [1.82, 2.24) is 9.29 Å². The third-order valence-electron chi connectivity index (χ3n) is 6.30. The molecule has 0 fully saturated rings. The van der Waals surface area contributed by atoms with Gasteiger partial charge in [0.2, 0.25) is 10.0 Å². The predicted molar refractivity (Wildman–Crippen MR) is 151 cm³/mol. The molecule has 0 spiro atoms. The van der Waals surface area contributed by atoms with Gasteiger partial charge >= 0.3 is 5.97 Å². The summed E-state index contributed by atoms with van der Waals surface area (Å²) in [5.41, 5.74) is 4.06. The normalized spacial score (nSPS) is 11.8. The fourth-order valence-electron chi connectivity index (χ4n) is 4.68. The number of nitrogens with zero attached hydrogens (tertiary/aromatic N) is 1. The minimum Gasteiger partial charge on any atom is -0.493 e. The molecule has 1 aromatic heterocycles. The van der Waals surface area contributed by atoms with Crippen molar-refractivity contribution >= 4 is 38.5 Å². The molecule has 0 radical (unpaired) electrons.